The maximum Gasteiger partial charge on any atom is 0.322 e. The van der Waals surface area contributed by atoms with E-state index in [2.05, 4.69) is 10.6 Å². The number of urea groups is 1. The van der Waals surface area contributed by atoms with Crippen LogP contribution < -0.4 is 10.6 Å². The highest BCUT2D eigenvalue weighted by molar-refractivity contribution is 6.33. The fourth-order valence-corrected chi connectivity index (χ4v) is 4.16. The van der Waals surface area contributed by atoms with Crippen LogP contribution in [0.15, 0.2) is 18.2 Å². The number of hydrogen-bond acceptors (Lipinski definition) is 4. The number of anilines is 1. The standard InChI is InChI=1S/C18H23ClN4O3.ClH/c19-14-2-1-12(17(24)22-5-7-26-8-6-22)9-15(14)21-18(25)23-4-3-13-10-20-11-16(13)23;/h1-2,9,13,16,20H,3-8,10-11H2,(H,21,25);1H/t13-,16+;/m0./s1. The monoisotopic (exact) mass is 414 g/mol. The SMILES string of the molecule is Cl.O=C(c1ccc(Cl)c(NC(=O)N2CC[C@H]3CNC[C@H]32)c1)N1CCOCC1. The molecule has 2 atom stereocenters. The summed E-state index contributed by atoms with van der Waals surface area (Å²) in [5.74, 6) is 0.465. The van der Waals surface area contributed by atoms with Crippen LogP contribution in [0, 0.1) is 5.92 Å². The van der Waals surface area contributed by atoms with Crippen molar-refractivity contribution in [3.05, 3.63) is 28.8 Å². The topological polar surface area (TPSA) is 73.9 Å². The van der Waals surface area contributed by atoms with Crippen molar-refractivity contribution in [1.82, 2.24) is 15.1 Å². The molecule has 148 valence electrons. The molecule has 1 aromatic carbocycles. The number of likely N-dealkylation sites (tertiary alicyclic amines) is 1. The van der Waals surface area contributed by atoms with E-state index < -0.39 is 0 Å². The highest BCUT2D eigenvalue weighted by atomic mass is 35.5. The van der Waals surface area contributed by atoms with Gasteiger partial charge in [0.2, 0.25) is 0 Å². The number of benzene rings is 1. The lowest BCUT2D eigenvalue weighted by atomic mass is 10.1. The van der Waals surface area contributed by atoms with Crippen molar-refractivity contribution >= 4 is 41.6 Å². The molecule has 3 fully saturated rings. The second kappa shape index (κ2) is 8.65. The fraction of sp³-hybridized carbons (Fsp3) is 0.556. The zero-order valence-electron chi connectivity index (χ0n) is 14.9. The van der Waals surface area contributed by atoms with Gasteiger partial charge in [0.15, 0.2) is 0 Å². The molecule has 3 amide bonds. The molecule has 27 heavy (non-hydrogen) atoms. The van der Waals surface area contributed by atoms with E-state index in [9.17, 15) is 9.59 Å². The largest absolute Gasteiger partial charge is 0.378 e. The van der Waals surface area contributed by atoms with E-state index in [4.69, 9.17) is 16.3 Å². The van der Waals surface area contributed by atoms with Crippen LogP contribution in [0.5, 0.6) is 0 Å². The van der Waals surface area contributed by atoms with Crippen molar-refractivity contribution in [1.29, 1.82) is 0 Å². The molecule has 2 N–H and O–H groups in total. The molecular formula is C18H24Cl2N4O3. The predicted molar refractivity (Wildman–Crippen MR) is 106 cm³/mol. The molecule has 0 saturated carbocycles. The van der Waals surface area contributed by atoms with Crippen molar-refractivity contribution in [2.45, 2.75) is 12.5 Å². The van der Waals surface area contributed by atoms with E-state index in [1.165, 1.54) is 0 Å². The zero-order valence-corrected chi connectivity index (χ0v) is 16.5. The molecule has 0 radical (unpaired) electrons. The van der Waals surface area contributed by atoms with Gasteiger partial charge in [-0.2, -0.15) is 0 Å². The first-order valence-corrected chi connectivity index (χ1v) is 9.46. The van der Waals surface area contributed by atoms with E-state index >= 15 is 0 Å². The Kier molecular flexibility index (Phi) is 6.47. The Hall–Kier alpha value is -1.54. The summed E-state index contributed by atoms with van der Waals surface area (Å²) in [6, 6.07) is 5.11. The van der Waals surface area contributed by atoms with Crippen LogP contribution in [0.25, 0.3) is 0 Å². The van der Waals surface area contributed by atoms with Gasteiger partial charge in [-0.15, -0.1) is 12.4 Å². The molecule has 0 aromatic heterocycles. The van der Waals surface area contributed by atoms with Gasteiger partial charge in [-0.3, -0.25) is 4.79 Å². The number of carbonyl (C=O) groups is 2. The normalized spacial score (nSPS) is 24.3. The van der Waals surface area contributed by atoms with Crippen molar-refractivity contribution in [3.63, 3.8) is 0 Å². The summed E-state index contributed by atoms with van der Waals surface area (Å²) in [6.07, 6.45) is 1.02. The van der Waals surface area contributed by atoms with Crippen molar-refractivity contribution in [2.24, 2.45) is 5.92 Å². The predicted octanol–water partition coefficient (Wildman–Crippen LogP) is 2.06. The second-order valence-electron chi connectivity index (χ2n) is 7.00. The average molecular weight is 415 g/mol. The highest BCUT2D eigenvalue weighted by Gasteiger charge is 2.40. The summed E-state index contributed by atoms with van der Waals surface area (Å²) < 4.78 is 5.29. The van der Waals surface area contributed by atoms with E-state index in [0.717, 1.165) is 26.1 Å². The van der Waals surface area contributed by atoms with Gasteiger partial charge in [-0.1, -0.05) is 11.6 Å². The van der Waals surface area contributed by atoms with Crippen LogP contribution in [0.2, 0.25) is 5.02 Å². The smallest absolute Gasteiger partial charge is 0.322 e. The number of nitrogens with zero attached hydrogens (tertiary/aromatic N) is 2. The van der Waals surface area contributed by atoms with Gasteiger partial charge in [0.1, 0.15) is 0 Å². The van der Waals surface area contributed by atoms with Crippen molar-refractivity contribution in [3.8, 4) is 0 Å². The number of amides is 3. The van der Waals surface area contributed by atoms with Gasteiger partial charge < -0.3 is 25.2 Å². The first kappa shape index (κ1) is 20.2. The molecule has 9 heteroatoms. The van der Waals surface area contributed by atoms with Gasteiger partial charge in [-0.05, 0) is 30.5 Å². The maximum absolute atomic E-state index is 12.7. The van der Waals surface area contributed by atoms with Gasteiger partial charge in [0.05, 0.1) is 23.9 Å². The summed E-state index contributed by atoms with van der Waals surface area (Å²) >= 11 is 6.26. The number of halogens is 2. The molecule has 0 bridgehead atoms. The summed E-state index contributed by atoms with van der Waals surface area (Å²) in [4.78, 5) is 29.0. The number of fused-ring (bicyclic) bond motifs is 1. The minimum absolute atomic E-state index is 0. The van der Waals surface area contributed by atoms with Gasteiger partial charge >= 0.3 is 6.03 Å². The number of carbonyl (C=O) groups excluding carboxylic acids is 2. The summed E-state index contributed by atoms with van der Waals surface area (Å²) in [5.41, 5.74) is 0.999. The Balaban J connectivity index is 0.00000210. The number of hydrogen-bond donors (Lipinski definition) is 2. The van der Waals surface area contributed by atoms with Crippen molar-refractivity contribution < 1.29 is 14.3 Å². The molecule has 7 nitrogen and oxygen atoms in total. The average Bonchev–Trinajstić information content (AvgIpc) is 3.27. The fourth-order valence-electron chi connectivity index (χ4n) is 3.99. The lowest BCUT2D eigenvalue weighted by Gasteiger charge is -2.27. The van der Waals surface area contributed by atoms with E-state index in [1.807, 2.05) is 4.90 Å². The summed E-state index contributed by atoms with van der Waals surface area (Å²) in [6.45, 7) is 4.82. The van der Waals surface area contributed by atoms with Crippen LogP contribution in [-0.2, 0) is 4.74 Å². The van der Waals surface area contributed by atoms with E-state index in [1.54, 1.807) is 23.1 Å². The number of rotatable bonds is 2. The Bertz CT molecular complexity index is 712. The van der Waals surface area contributed by atoms with Gasteiger partial charge in [0.25, 0.3) is 5.91 Å². The molecule has 4 rings (SSSR count). The Morgan fingerprint density at radius 2 is 1.96 bits per heavy atom. The molecule has 0 spiro atoms. The summed E-state index contributed by atoms with van der Waals surface area (Å²) in [5, 5.41) is 6.66. The van der Waals surface area contributed by atoms with Crippen molar-refractivity contribution in [2.75, 3.05) is 51.3 Å². The molecule has 0 unspecified atom stereocenters. The first-order chi connectivity index (χ1) is 12.6. The Morgan fingerprint density at radius 3 is 2.74 bits per heavy atom. The number of nitrogens with one attached hydrogen (secondary N) is 2. The van der Waals surface area contributed by atoms with Crippen LogP contribution in [0.3, 0.4) is 0 Å². The molecular weight excluding hydrogens is 391 g/mol. The van der Waals surface area contributed by atoms with E-state index in [0.29, 0.717) is 48.5 Å². The zero-order chi connectivity index (χ0) is 18.1. The number of morpholine rings is 1. The van der Waals surface area contributed by atoms with Crippen LogP contribution in [-0.4, -0.2) is 73.7 Å². The molecule has 1 aromatic rings. The minimum atomic E-state index is -0.154. The minimum Gasteiger partial charge on any atom is -0.378 e. The molecule has 3 aliphatic heterocycles. The molecule has 0 aliphatic carbocycles. The first-order valence-electron chi connectivity index (χ1n) is 9.08. The second-order valence-corrected chi connectivity index (χ2v) is 7.40. The highest BCUT2D eigenvalue weighted by Crippen LogP contribution is 2.29. The van der Waals surface area contributed by atoms with Crippen LogP contribution in [0.4, 0.5) is 10.5 Å². The van der Waals surface area contributed by atoms with E-state index in [-0.39, 0.29) is 30.4 Å². The third kappa shape index (κ3) is 4.16. The lowest BCUT2D eigenvalue weighted by molar-refractivity contribution is 0.0303. The van der Waals surface area contributed by atoms with Gasteiger partial charge in [0, 0.05) is 44.3 Å². The Morgan fingerprint density at radius 1 is 1.19 bits per heavy atom. The Labute approximate surface area is 169 Å². The maximum atomic E-state index is 12.7. The lowest BCUT2D eigenvalue weighted by Crippen LogP contribution is -2.42. The van der Waals surface area contributed by atoms with Crippen LogP contribution >= 0.6 is 24.0 Å². The quantitative estimate of drug-likeness (QED) is 0.776. The van der Waals surface area contributed by atoms with Crippen LogP contribution in [0.1, 0.15) is 16.8 Å². The molecule has 3 saturated heterocycles. The number of ether oxygens (including phenoxy) is 1. The third-order valence-corrected chi connectivity index (χ3v) is 5.79. The summed E-state index contributed by atoms with van der Waals surface area (Å²) in [7, 11) is 0. The molecule has 3 heterocycles. The van der Waals surface area contributed by atoms with Gasteiger partial charge in [-0.25, -0.2) is 4.79 Å². The third-order valence-electron chi connectivity index (χ3n) is 5.46. The molecule has 3 aliphatic rings.